The zero-order valence-corrected chi connectivity index (χ0v) is 23.1. The standard InChI is InChI=1S/C31H36F4N4O2/c1-21-5-4-6-22(15-21)19-30(38-29(40)37-26-7-2-3-8-26,23-16-24(31(33,34)35)18-25(32)17-23)28-10-9-27(20-36-28)39-11-13-41-14-12-39/h4,6,9-10,15-18,20-21,26H,2-3,5,7-8,11-14,19H2,1H3,(H2,37,38,40). The van der Waals surface area contributed by atoms with Gasteiger partial charge < -0.3 is 20.3 Å². The first kappa shape index (κ1) is 29.1. The highest BCUT2D eigenvalue weighted by atomic mass is 19.4. The molecule has 3 aliphatic rings. The molecule has 1 aromatic heterocycles. The summed E-state index contributed by atoms with van der Waals surface area (Å²) in [5.41, 5.74) is -0.750. The maximum atomic E-state index is 14.9. The van der Waals surface area contributed by atoms with E-state index in [0.29, 0.717) is 38.1 Å². The van der Waals surface area contributed by atoms with Crippen molar-refractivity contribution in [1.82, 2.24) is 15.6 Å². The van der Waals surface area contributed by atoms with Crippen molar-refractivity contribution in [2.75, 3.05) is 31.2 Å². The van der Waals surface area contributed by atoms with Crippen molar-refractivity contribution in [3.63, 3.8) is 0 Å². The Morgan fingerprint density at radius 3 is 2.49 bits per heavy atom. The van der Waals surface area contributed by atoms with Crippen molar-refractivity contribution in [2.45, 2.75) is 63.2 Å². The Kier molecular flexibility index (Phi) is 8.68. The molecule has 2 fully saturated rings. The number of nitrogens with one attached hydrogen (secondary N) is 2. The van der Waals surface area contributed by atoms with Gasteiger partial charge in [0.05, 0.1) is 36.4 Å². The van der Waals surface area contributed by atoms with Crippen LogP contribution in [0.1, 0.15) is 62.3 Å². The van der Waals surface area contributed by atoms with E-state index in [4.69, 9.17) is 9.72 Å². The molecule has 6 nitrogen and oxygen atoms in total. The highest BCUT2D eigenvalue weighted by molar-refractivity contribution is 5.76. The Hall–Kier alpha value is -3.40. The number of benzene rings is 1. The summed E-state index contributed by atoms with van der Waals surface area (Å²) in [6, 6.07) is 5.47. The van der Waals surface area contributed by atoms with E-state index in [1.807, 2.05) is 31.2 Å². The van der Waals surface area contributed by atoms with Gasteiger partial charge in [0.2, 0.25) is 0 Å². The van der Waals surface area contributed by atoms with Crippen molar-refractivity contribution in [2.24, 2.45) is 5.92 Å². The van der Waals surface area contributed by atoms with Gasteiger partial charge in [-0.2, -0.15) is 13.2 Å². The quantitative estimate of drug-likeness (QED) is 0.373. The number of carbonyl (C=O) groups is 1. The monoisotopic (exact) mass is 572 g/mol. The van der Waals surface area contributed by atoms with Crippen LogP contribution in [-0.4, -0.2) is 43.4 Å². The Morgan fingerprint density at radius 1 is 1.10 bits per heavy atom. The Morgan fingerprint density at radius 2 is 1.83 bits per heavy atom. The van der Waals surface area contributed by atoms with Crippen molar-refractivity contribution >= 4 is 11.7 Å². The van der Waals surface area contributed by atoms with Crippen LogP contribution in [0, 0.1) is 11.7 Å². The van der Waals surface area contributed by atoms with E-state index in [9.17, 15) is 22.4 Å². The second-order valence-corrected chi connectivity index (χ2v) is 11.2. The average Bonchev–Trinajstić information content (AvgIpc) is 3.45. The van der Waals surface area contributed by atoms with Crippen molar-refractivity contribution < 1.29 is 27.1 Å². The van der Waals surface area contributed by atoms with Crippen LogP contribution in [0.4, 0.5) is 28.0 Å². The molecule has 1 saturated heterocycles. The van der Waals surface area contributed by atoms with Gasteiger partial charge in [0.15, 0.2) is 0 Å². The van der Waals surface area contributed by atoms with Crippen molar-refractivity contribution in [3.05, 3.63) is 83.0 Å². The molecule has 2 atom stereocenters. The molecule has 2 amide bonds. The third kappa shape index (κ3) is 6.92. The van der Waals surface area contributed by atoms with Crippen LogP contribution in [0.5, 0.6) is 0 Å². The van der Waals surface area contributed by atoms with E-state index in [2.05, 4.69) is 15.5 Å². The fourth-order valence-electron chi connectivity index (χ4n) is 6.00. The number of pyridine rings is 1. The number of carbonyl (C=O) groups excluding carboxylic acids is 1. The summed E-state index contributed by atoms with van der Waals surface area (Å²) in [6.07, 6.45) is 7.41. The SMILES string of the molecule is CC1C=C(CC(NC(=O)NC2CCCC2)(c2cc(F)cc(C(F)(F)F)c2)c2ccc(N3CCOCC3)cn2)C=CC1. The van der Waals surface area contributed by atoms with Crippen LogP contribution in [0.3, 0.4) is 0 Å². The molecule has 1 aromatic carbocycles. The second-order valence-electron chi connectivity index (χ2n) is 11.2. The first-order valence-corrected chi connectivity index (χ1v) is 14.3. The molecule has 1 aliphatic heterocycles. The number of ether oxygens (including phenoxy) is 1. The van der Waals surface area contributed by atoms with Crippen LogP contribution in [-0.2, 0) is 16.5 Å². The number of rotatable bonds is 7. The molecule has 5 rings (SSSR count). The van der Waals surface area contributed by atoms with E-state index >= 15 is 0 Å². The molecule has 1 saturated carbocycles. The Bertz CT molecular complexity index is 1280. The maximum Gasteiger partial charge on any atom is 0.416 e. The number of urea groups is 1. The molecule has 2 heterocycles. The lowest BCUT2D eigenvalue weighted by Crippen LogP contribution is -2.53. The molecular weight excluding hydrogens is 536 g/mol. The Labute approximate surface area is 237 Å². The topological polar surface area (TPSA) is 66.5 Å². The maximum absolute atomic E-state index is 14.9. The van der Waals surface area contributed by atoms with E-state index < -0.39 is 29.1 Å². The third-order valence-corrected chi connectivity index (χ3v) is 8.10. The fourth-order valence-corrected chi connectivity index (χ4v) is 6.00. The minimum Gasteiger partial charge on any atom is -0.378 e. The number of allylic oxidation sites excluding steroid dienone is 3. The number of morpholine rings is 1. The lowest BCUT2D eigenvalue weighted by atomic mass is 9.78. The molecule has 220 valence electrons. The largest absolute Gasteiger partial charge is 0.416 e. The summed E-state index contributed by atoms with van der Waals surface area (Å²) in [5, 5.41) is 5.99. The first-order chi connectivity index (χ1) is 19.6. The third-order valence-electron chi connectivity index (χ3n) is 8.10. The van der Waals surface area contributed by atoms with Crippen LogP contribution in [0.25, 0.3) is 0 Å². The molecule has 0 radical (unpaired) electrons. The lowest BCUT2D eigenvalue weighted by Gasteiger charge is -2.37. The Balaban J connectivity index is 1.63. The molecule has 10 heteroatoms. The van der Waals surface area contributed by atoms with E-state index in [1.54, 1.807) is 12.3 Å². The zero-order valence-electron chi connectivity index (χ0n) is 23.1. The number of alkyl halides is 3. The van der Waals surface area contributed by atoms with Gasteiger partial charge >= 0.3 is 12.2 Å². The molecule has 2 aliphatic carbocycles. The number of anilines is 1. The molecule has 2 unspecified atom stereocenters. The summed E-state index contributed by atoms with van der Waals surface area (Å²) in [5.74, 6) is -0.835. The van der Waals surface area contributed by atoms with Crippen LogP contribution >= 0.6 is 0 Å². The molecule has 0 spiro atoms. The smallest absolute Gasteiger partial charge is 0.378 e. The average molecular weight is 573 g/mol. The number of hydrogen-bond acceptors (Lipinski definition) is 4. The highest BCUT2D eigenvalue weighted by Gasteiger charge is 2.41. The number of aromatic nitrogens is 1. The predicted octanol–water partition coefficient (Wildman–Crippen LogP) is 6.47. The van der Waals surface area contributed by atoms with Gasteiger partial charge in [0.1, 0.15) is 11.4 Å². The van der Waals surface area contributed by atoms with Crippen LogP contribution in [0.2, 0.25) is 0 Å². The molecule has 2 N–H and O–H groups in total. The number of hydrogen-bond donors (Lipinski definition) is 2. The molecule has 0 bridgehead atoms. The summed E-state index contributed by atoms with van der Waals surface area (Å²) < 4.78 is 62.1. The van der Waals surface area contributed by atoms with Crippen LogP contribution < -0.4 is 15.5 Å². The number of nitrogens with zero attached hydrogens (tertiary/aromatic N) is 2. The molecular formula is C31H36F4N4O2. The second kappa shape index (κ2) is 12.2. The summed E-state index contributed by atoms with van der Waals surface area (Å²) >= 11 is 0. The molecule has 2 aromatic rings. The van der Waals surface area contributed by atoms with Gasteiger partial charge in [-0.15, -0.1) is 0 Å². The molecule has 41 heavy (non-hydrogen) atoms. The highest BCUT2D eigenvalue weighted by Crippen LogP contribution is 2.40. The van der Waals surface area contributed by atoms with Gasteiger partial charge in [-0.1, -0.05) is 38.0 Å². The van der Waals surface area contributed by atoms with Gasteiger partial charge in [-0.3, -0.25) is 4.98 Å². The van der Waals surface area contributed by atoms with E-state index in [1.165, 1.54) is 0 Å². The van der Waals surface area contributed by atoms with Gasteiger partial charge in [0, 0.05) is 25.6 Å². The van der Waals surface area contributed by atoms with Crippen molar-refractivity contribution in [1.29, 1.82) is 0 Å². The zero-order chi connectivity index (χ0) is 29.0. The predicted molar refractivity (Wildman–Crippen MR) is 149 cm³/mol. The summed E-state index contributed by atoms with van der Waals surface area (Å²) in [4.78, 5) is 20.3. The van der Waals surface area contributed by atoms with Gasteiger partial charge in [0.25, 0.3) is 0 Å². The first-order valence-electron chi connectivity index (χ1n) is 14.3. The fraction of sp³-hybridized carbons (Fsp3) is 0.484. The normalized spacial score (nSPS) is 21.3. The minimum atomic E-state index is -4.78. The summed E-state index contributed by atoms with van der Waals surface area (Å²) in [6.45, 7) is 4.57. The van der Waals surface area contributed by atoms with Crippen LogP contribution in [0.15, 0.2) is 60.3 Å². The minimum absolute atomic E-state index is 0.0226. The van der Waals surface area contributed by atoms with Gasteiger partial charge in [-0.25, -0.2) is 9.18 Å². The lowest BCUT2D eigenvalue weighted by molar-refractivity contribution is -0.137. The van der Waals surface area contributed by atoms with E-state index in [-0.39, 0.29) is 23.9 Å². The number of halogens is 4. The number of amides is 2. The van der Waals surface area contributed by atoms with Gasteiger partial charge in [-0.05, 0) is 66.6 Å². The van der Waals surface area contributed by atoms with Crippen molar-refractivity contribution in [3.8, 4) is 0 Å². The van der Waals surface area contributed by atoms with E-state index in [0.717, 1.165) is 55.5 Å². The summed E-state index contributed by atoms with van der Waals surface area (Å²) in [7, 11) is 0.